The maximum atomic E-state index is 13.4. The SMILES string of the molecule is Cc1nc(CC(=O)c2c(F)c(F)c(F)c(F)c2F)cs1. The van der Waals surface area contributed by atoms with E-state index in [1.54, 1.807) is 6.92 Å². The van der Waals surface area contributed by atoms with Gasteiger partial charge in [-0.15, -0.1) is 11.3 Å². The summed E-state index contributed by atoms with van der Waals surface area (Å²) in [6.07, 6.45) is -0.539. The van der Waals surface area contributed by atoms with E-state index in [1.807, 2.05) is 0 Å². The van der Waals surface area contributed by atoms with Gasteiger partial charge in [0.15, 0.2) is 29.1 Å². The summed E-state index contributed by atoms with van der Waals surface area (Å²) >= 11 is 1.20. The molecule has 0 bridgehead atoms. The Bertz CT molecular complexity index is 668. The van der Waals surface area contributed by atoms with Crippen LogP contribution < -0.4 is 0 Å². The molecule has 0 saturated heterocycles. The van der Waals surface area contributed by atoms with Crippen LogP contribution in [0.15, 0.2) is 5.38 Å². The first-order valence-electron chi connectivity index (χ1n) is 5.28. The number of ketones is 1. The second-order valence-corrected chi connectivity index (χ2v) is 4.96. The zero-order valence-electron chi connectivity index (χ0n) is 9.94. The Kier molecular flexibility index (Phi) is 3.85. The van der Waals surface area contributed by atoms with Crippen LogP contribution >= 0.6 is 11.3 Å². The molecule has 106 valence electrons. The van der Waals surface area contributed by atoms with E-state index in [4.69, 9.17) is 0 Å². The molecule has 0 aliphatic rings. The van der Waals surface area contributed by atoms with Gasteiger partial charge >= 0.3 is 0 Å². The summed E-state index contributed by atoms with van der Waals surface area (Å²) in [6.45, 7) is 1.65. The normalized spacial score (nSPS) is 10.9. The third-order valence-corrected chi connectivity index (χ3v) is 3.32. The summed E-state index contributed by atoms with van der Waals surface area (Å²) in [6, 6.07) is 0. The fourth-order valence-corrected chi connectivity index (χ4v) is 2.20. The zero-order chi connectivity index (χ0) is 15.0. The van der Waals surface area contributed by atoms with E-state index < -0.39 is 46.9 Å². The number of benzene rings is 1. The number of aryl methyl sites for hydroxylation is 1. The van der Waals surface area contributed by atoms with Crippen LogP contribution in [0.5, 0.6) is 0 Å². The van der Waals surface area contributed by atoms with Gasteiger partial charge in [0, 0.05) is 5.38 Å². The molecular formula is C12H6F5NOS. The first-order valence-corrected chi connectivity index (χ1v) is 6.16. The highest BCUT2D eigenvalue weighted by atomic mass is 32.1. The van der Waals surface area contributed by atoms with Crippen LogP contribution in [0.3, 0.4) is 0 Å². The highest BCUT2D eigenvalue weighted by Gasteiger charge is 2.29. The number of rotatable bonds is 3. The highest BCUT2D eigenvalue weighted by Crippen LogP contribution is 2.24. The van der Waals surface area contributed by atoms with Crippen molar-refractivity contribution in [2.45, 2.75) is 13.3 Å². The Hall–Kier alpha value is -1.83. The van der Waals surface area contributed by atoms with E-state index in [2.05, 4.69) is 4.98 Å². The first-order chi connectivity index (χ1) is 9.32. The molecular weight excluding hydrogens is 301 g/mol. The highest BCUT2D eigenvalue weighted by molar-refractivity contribution is 7.09. The number of halogens is 5. The summed E-state index contributed by atoms with van der Waals surface area (Å²) in [7, 11) is 0. The molecule has 0 saturated carbocycles. The molecule has 2 rings (SSSR count). The molecule has 0 aliphatic carbocycles. The zero-order valence-corrected chi connectivity index (χ0v) is 10.8. The minimum atomic E-state index is -2.29. The molecule has 2 aromatic rings. The molecule has 0 aliphatic heterocycles. The quantitative estimate of drug-likeness (QED) is 0.375. The standard InChI is InChI=1S/C12H6F5NOS/c1-4-18-5(3-20-4)2-6(19)7-8(13)10(15)12(17)11(16)9(7)14/h3H,2H2,1H3. The second-order valence-electron chi connectivity index (χ2n) is 3.90. The lowest BCUT2D eigenvalue weighted by molar-refractivity contribution is 0.0981. The maximum Gasteiger partial charge on any atom is 0.200 e. The number of nitrogens with zero attached hydrogens (tertiary/aromatic N) is 1. The number of carbonyl (C=O) groups is 1. The van der Waals surface area contributed by atoms with Gasteiger partial charge in [0.2, 0.25) is 5.82 Å². The van der Waals surface area contributed by atoms with Crippen molar-refractivity contribution in [3.63, 3.8) is 0 Å². The van der Waals surface area contributed by atoms with Crippen molar-refractivity contribution in [3.05, 3.63) is 50.7 Å². The van der Waals surface area contributed by atoms with Crippen LogP contribution in [0.2, 0.25) is 0 Å². The molecule has 0 spiro atoms. The lowest BCUT2D eigenvalue weighted by Gasteiger charge is -2.06. The molecule has 1 heterocycles. The topological polar surface area (TPSA) is 30.0 Å². The van der Waals surface area contributed by atoms with Crippen molar-refractivity contribution in [1.82, 2.24) is 4.98 Å². The lowest BCUT2D eigenvalue weighted by Crippen LogP contribution is -2.14. The van der Waals surface area contributed by atoms with Gasteiger partial charge in [-0.3, -0.25) is 4.79 Å². The van der Waals surface area contributed by atoms with Crippen LogP contribution in [0.4, 0.5) is 22.0 Å². The Morgan fingerprint density at radius 3 is 2.00 bits per heavy atom. The summed E-state index contributed by atoms with van der Waals surface area (Å²) < 4.78 is 65.6. The van der Waals surface area contributed by atoms with Gasteiger partial charge in [0.1, 0.15) is 0 Å². The molecule has 0 N–H and O–H groups in total. The third kappa shape index (κ3) is 2.43. The van der Waals surface area contributed by atoms with Gasteiger partial charge in [0.25, 0.3) is 0 Å². The number of aromatic nitrogens is 1. The Labute approximate surface area is 113 Å². The van der Waals surface area contributed by atoms with Gasteiger partial charge in [-0.25, -0.2) is 26.9 Å². The molecule has 8 heteroatoms. The van der Waals surface area contributed by atoms with E-state index >= 15 is 0 Å². The lowest BCUT2D eigenvalue weighted by atomic mass is 10.0. The summed E-state index contributed by atoms with van der Waals surface area (Å²) in [4.78, 5) is 15.6. The van der Waals surface area contributed by atoms with Crippen LogP contribution in [0.1, 0.15) is 21.1 Å². The molecule has 1 aromatic carbocycles. The predicted octanol–water partition coefficient (Wildman–Crippen LogP) is 3.57. The predicted molar refractivity (Wildman–Crippen MR) is 61.1 cm³/mol. The van der Waals surface area contributed by atoms with Crippen LogP contribution in [-0.2, 0) is 6.42 Å². The van der Waals surface area contributed by atoms with E-state index in [9.17, 15) is 26.7 Å². The van der Waals surface area contributed by atoms with Crippen molar-refractivity contribution in [1.29, 1.82) is 0 Å². The number of Topliss-reactive ketones (excluding diaryl/α,β-unsaturated/α-hetero) is 1. The van der Waals surface area contributed by atoms with Crippen molar-refractivity contribution >= 4 is 17.1 Å². The van der Waals surface area contributed by atoms with E-state index in [0.29, 0.717) is 5.01 Å². The average Bonchev–Trinajstić information content (AvgIpc) is 2.79. The van der Waals surface area contributed by atoms with E-state index in [0.717, 1.165) is 0 Å². The number of hydrogen-bond acceptors (Lipinski definition) is 3. The summed E-state index contributed by atoms with van der Waals surface area (Å²) in [5.74, 6) is -12.0. The fraction of sp³-hybridized carbons (Fsp3) is 0.167. The molecule has 0 radical (unpaired) electrons. The number of carbonyl (C=O) groups excluding carboxylic acids is 1. The molecule has 0 atom stereocenters. The molecule has 20 heavy (non-hydrogen) atoms. The monoisotopic (exact) mass is 307 g/mol. The van der Waals surface area contributed by atoms with Gasteiger partial charge in [0.05, 0.1) is 22.7 Å². The first kappa shape index (κ1) is 14.6. The van der Waals surface area contributed by atoms with Crippen molar-refractivity contribution in [2.24, 2.45) is 0 Å². The smallest absolute Gasteiger partial charge is 0.200 e. The minimum Gasteiger partial charge on any atom is -0.294 e. The summed E-state index contributed by atoms with van der Waals surface area (Å²) in [5.41, 5.74) is -1.23. The number of hydrogen-bond donors (Lipinski definition) is 0. The van der Waals surface area contributed by atoms with Crippen LogP contribution in [-0.4, -0.2) is 10.8 Å². The minimum absolute atomic E-state index is 0.210. The van der Waals surface area contributed by atoms with Gasteiger partial charge in [-0.2, -0.15) is 0 Å². The second kappa shape index (κ2) is 5.28. The molecule has 0 amide bonds. The van der Waals surface area contributed by atoms with Crippen LogP contribution in [0, 0.1) is 36.0 Å². The van der Waals surface area contributed by atoms with Gasteiger partial charge < -0.3 is 0 Å². The molecule has 0 unspecified atom stereocenters. The van der Waals surface area contributed by atoms with Crippen molar-refractivity contribution < 1.29 is 26.7 Å². The van der Waals surface area contributed by atoms with Crippen molar-refractivity contribution in [2.75, 3.05) is 0 Å². The van der Waals surface area contributed by atoms with Gasteiger partial charge in [-0.05, 0) is 6.92 Å². The van der Waals surface area contributed by atoms with Crippen molar-refractivity contribution in [3.8, 4) is 0 Å². The third-order valence-electron chi connectivity index (χ3n) is 2.50. The van der Waals surface area contributed by atoms with Crippen LogP contribution in [0.25, 0.3) is 0 Å². The largest absolute Gasteiger partial charge is 0.294 e. The maximum absolute atomic E-state index is 13.4. The molecule has 1 aromatic heterocycles. The molecule has 0 fully saturated rings. The Balaban J connectivity index is 2.45. The van der Waals surface area contributed by atoms with E-state index in [-0.39, 0.29) is 5.69 Å². The Morgan fingerprint density at radius 2 is 1.55 bits per heavy atom. The van der Waals surface area contributed by atoms with E-state index in [1.165, 1.54) is 16.7 Å². The fourth-order valence-electron chi connectivity index (χ4n) is 1.59. The number of thiazole rings is 1. The van der Waals surface area contributed by atoms with Gasteiger partial charge in [-0.1, -0.05) is 0 Å². The average molecular weight is 307 g/mol. The summed E-state index contributed by atoms with van der Waals surface area (Å²) in [5, 5.41) is 2.09. The Morgan fingerprint density at radius 1 is 1.05 bits per heavy atom. The molecule has 2 nitrogen and oxygen atoms in total.